The summed E-state index contributed by atoms with van der Waals surface area (Å²) < 4.78 is 33.2. The Labute approximate surface area is 220 Å². The van der Waals surface area contributed by atoms with Gasteiger partial charge in [0, 0.05) is 28.0 Å². The van der Waals surface area contributed by atoms with Gasteiger partial charge >= 0.3 is 0 Å². The van der Waals surface area contributed by atoms with E-state index in [1.165, 1.54) is 28.4 Å². The van der Waals surface area contributed by atoms with Crippen molar-refractivity contribution in [3.8, 4) is 5.75 Å². The van der Waals surface area contributed by atoms with E-state index in [4.69, 9.17) is 27.9 Å². The molecule has 1 aromatic heterocycles. The average molecular weight is 554 g/mol. The monoisotopic (exact) mass is 552 g/mol. The van der Waals surface area contributed by atoms with Gasteiger partial charge in [-0.25, -0.2) is 8.42 Å². The first kappa shape index (κ1) is 26.0. The Hall–Kier alpha value is -2.10. The number of hydrogen-bond donors (Lipinski definition) is 0. The number of thiophene rings is 1. The lowest BCUT2D eigenvalue weighted by Crippen LogP contribution is -2.47. The number of nitrogens with zero attached hydrogens (tertiary/aromatic N) is 2. The Balaban J connectivity index is 1.66. The molecule has 186 valence electrons. The average Bonchev–Trinajstić information content (AvgIpc) is 3.32. The Morgan fingerprint density at radius 3 is 2.54 bits per heavy atom. The van der Waals surface area contributed by atoms with Crippen LogP contribution in [0.25, 0.3) is 0 Å². The highest BCUT2D eigenvalue weighted by atomic mass is 35.5. The van der Waals surface area contributed by atoms with E-state index in [0.29, 0.717) is 35.2 Å². The molecule has 1 unspecified atom stereocenters. The molecule has 3 aromatic rings. The first-order chi connectivity index (χ1) is 16.8. The van der Waals surface area contributed by atoms with Crippen LogP contribution in [0, 0.1) is 0 Å². The minimum absolute atomic E-state index is 0.121. The van der Waals surface area contributed by atoms with Gasteiger partial charge in [0.1, 0.15) is 5.75 Å². The fraction of sp³-hybridized carbons (Fsp3) is 0.320. The molecule has 0 N–H and O–H groups in total. The second-order valence-electron chi connectivity index (χ2n) is 8.22. The molecule has 1 amide bonds. The molecule has 1 aliphatic heterocycles. The van der Waals surface area contributed by atoms with Gasteiger partial charge in [0.05, 0.1) is 24.6 Å². The highest BCUT2D eigenvalue weighted by molar-refractivity contribution is 7.89. The fourth-order valence-electron chi connectivity index (χ4n) is 4.32. The third kappa shape index (κ3) is 5.37. The molecule has 6 nitrogen and oxygen atoms in total. The smallest absolute Gasteiger partial charge is 0.243 e. The van der Waals surface area contributed by atoms with Gasteiger partial charge in [-0.3, -0.25) is 4.79 Å². The molecular formula is C25H26Cl2N2O4S2. The highest BCUT2D eigenvalue weighted by Crippen LogP contribution is 2.41. The van der Waals surface area contributed by atoms with Crippen LogP contribution < -0.4 is 4.74 Å². The first-order valence-electron chi connectivity index (χ1n) is 11.2. The van der Waals surface area contributed by atoms with Crippen molar-refractivity contribution in [2.45, 2.75) is 30.7 Å². The van der Waals surface area contributed by atoms with Crippen LogP contribution in [0.1, 0.15) is 35.4 Å². The molecule has 0 saturated heterocycles. The predicted molar refractivity (Wildman–Crippen MR) is 140 cm³/mol. The summed E-state index contributed by atoms with van der Waals surface area (Å²) in [5.74, 6) is 0.285. The van der Waals surface area contributed by atoms with Crippen molar-refractivity contribution in [3.63, 3.8) is 0 Å². The van der Waals surface area contributed by atoms with Crippen molar-refractivity contribution in [1.82, 2.24) is 9.21 Å². The summed E-state index contributed by atoms with van der Waals surface area (Å²) in [6.07, 6.45) is 1.28. The molecule has 0 fully saturated rings. The number of methoxy groups -OCH3 is 1. The van der Waals surface area contributed by atoms with Crippen LogP contribution in [-0.2, 0) is 21.2 Å². The van der Waals surface area contributed by atoms with Crippen molar-refractivity contribution >= 4 is 50.5 Å². The number of sulfonamides is 1. The van der Waals surface area contributed by atoms with Crippen molar-refractivity contribution in [2.24, 2.45) is 0 Å². The number of fused-ring (bicyclic) bond motifs is 1. The number of halogens is 2. The van der Waals surface area contributed by atoms with Gasteiger partial charge in [-0.2, -0.15) is 4.31 Å². The lowest BCUT2D eigenvalue weighted by Gasteiger charge is -2.37. The van der Waals surface area contributed by atoms with E-state index in [1.807, 2.05) is 24.4 Å². The second-order valence-corrected chi connectivity index (χ2v) is 12.0. The molecule has 2 heterocycles. The first-order valence-corrected chi connectivity index (χ1v) is 14.3. The zero-order valence-electron chi connectivity index (χ0n) is 19.4. The molecule has 1 aliphatic rings. The normalized spacial score (nSPS) is 15.8. The van der Waals surface area contributed by atoms with Gasteiger partial charge in [0.25, 0.3) is 0 Å². The van der Waals surface area contributed by atoms with E-state index < -0.39 is 16.1 Å². The van der Waals surface area contributed by atoms with Crippen LogP contribution in [0.4, 0.5) is 0 Å². The van der Waals surface area contributed by atoms with E-state index in [9.17, 15) is 13.2 Å². The third-order valence-electron chi connectivity index (χ3n) is 6.03. The lowest BCUT2D eigenvalue weighted by atomic mass is 9.93. The van der Waals surface area contributed by atoms with E-state index in [-0.39, 0.29) is 23.9 Å². The number of amides is 1. The molecule has 2 aromatic carbocycles. The van der Waals surface area contributed by atoms with Crippen LogP contribution in [-0.4, -0.2) is 50.3 Å². The quantitative estimate of drug-likeness (QED) is 0.362. The largest absolute Gasteiger partial charge is 0.497 e. The highest BCUT2D eigenvalue weighted by Gasteiger charge is 2.36. The van der Waals surface area contributed by atoms with Crippen molar-refractivity contribution in [3.05, 3.63) is 80.0 Å². The third-order valence-corrected chi connectivity index (χ3v) is 9.44. The van der Waals surface area contributed by atoms with E-state index >= 15 is 0 Å². The van der Waals surface area contributed by atoms with E-state index in [2.05, 4.69) is 0 Å². The SMILES string of the molecule is CCCN(CC(=O)N1CCc2sccc2C1c1ccc(Cl)cc1Cl)S(=O)(=O)c1ccc(OC)cc1. The summed E-state index contributed by atoms with van der Waals surface area (Å²) >= 11 is 14.3. The molecule has 0 saturated carbocycles. The summed E-state index contributed by atoms with van der Waals surface area (Å²) in [7, 11) is -2.36. The summed E-state index contributed by atoms with van der Waals surface area (Å²) in [6.45, 7) is 2.32. The number of benzene rings is 2. The van der Waals surface area contributed by atoms with Crippen LogP contribution >= 0.6 is 34.5 Å². The predicted octanol–water partition coefficient (Wildman–Crippen LogP) is 5.64. The number of rotatable bonds is 8. The zero-order chi connectivity index (χ0) is 25.2. The summed E-state index contributed by atoms with van der Waals surface area (Å²) in [5.41, 5.74) is 1.78. The van der Waals surface area contributed by atoms with Gasteiger partial charge in [-0.05, 0) is 71.8 Å². The summed E-state index contributed by atoms with van der Waals surface area (Å²) in [6, 6.07) is 13.0. The molecule has 1 atom stereocenters. The van der Waals surface area contributed by atoms with E-state index in [1.54, 1.807) is 40.5 Å². The lowest BCUT2D eigenvalue weighted by molar-refractivity contribution is -0.133. The van der Waals surface area contributed by atoms with Crippen LogP contribution in [0.15, 0.2) is 58.8 Å². The van der Waals surface area contributed by atoms with Gasteiger partial charge in [-0.15, -0.1) is 11.3 Å². The van der Waals surface area contributed by atoms with Crippen molar-refractivity contribution in [2.75, 3.05) is 26.7 Å². The summed E-state index contributed by atoms with van der Waals surface area (Å²) in [4.78, 5) is 16.7. The van der Waals surface area contributed by atoms with Crippen molar-refractivity contribution < 1.29 is 17.9 Å². The maximum Gasteiger partial charge on any atom is 0.243 e. The number of ether oxygens (including phenoxy) is 1. The second kappa shape index (κ2) is 10.9. The van der Waals surface area contributed by atoms with Gasteiger partial charge < -0.3 is 9.64 Å². The zero-order valence-corrected chi connectivity index (χ0v) is 22.6. The molecule has 0 bridgehead atoms. The minimum Gasteiger partial charge on any atom is -0.497 e. The standard InChI is InChI=1S/C25H26Cl2N2O4S2/c1-3-12-28(35(31,32)19-7-5-18(33-2)6-8-19)16-24(30)29-13-10-23-21(11-14-34-23)25(29)20-9-4-17(26)15-22(20)27/h4-9,11,14-15,25H,3,10,12-13,16H2,1-2H3. The molecule has 4 rings (SSSR count). The van der Waals surface area contributed by atoms with Gasteiger partial charge in [-0.1, -0.05) is 36.2 Å². The molecular weight excluding hydrogens is 527 g/mol. The molecule has 0 radical (unpaired) electrons. The van der Waals surface area contributed by atoms with Gasteiger partial charge in [0.2, 0.25) is 15.9 Å². The minimum atomic E-state index is -3.88. The topological polar surface area (TPSA) is 66.9 Å². The maximum atomic E-state index is 13.7. The Morgan fingerprint density at radius 2 is 1.89 bits per heavy atom. The summed E-state index contributed by atoms with van der Waals surface area (Å²) in [5, 5.41) is 2.99. The molecule has 10 heteroatoms. The Kier molecular flexibility index (Phi) is 8.08. The van der Waals surface area contributed by atoms with Crippen molar-refractivity contribution in [1.29, 1.82) is 0 Å². The Bertz CT molecular complexity index is 1310. The van der Waals surface area contributed by atoms with Crippen LogP contribution in [0.5, 0.6) is 5.75 Å². The van der Waals surface area contributed by atoms with Crippen LogP contribution in [0.3, 0.4) is 0 Å². The number of hydrogen-bond acceptors (Lipinski definition) is 5. The Morgan fingerprint density at radius 1 is 1.14 bits per heavy atom. The molecule has 0 spiro atoms. The fourth-order valence-corrected chi connectivity index (χ4v) is 7.21. The van der Waals surface area contributed by atoms with E-state index in [0.717, 1.165) is 11.1 Å². The maximum absolute atomic E-state index is 13.7. The van der Waals surface area contributed by atoms with Gasteiger partial charge in [0.15, 0.2) is 0 Å². The number of carbonyl (C=O) groups excluding carboxylic acids is 1. The van der Waals surface area contributed by atoms with Crippen LogP contribution in [0.2, 0.25) is 10.0 Å². The molecule has 0 aliphatic carbocycles. The molecule has 35 heavy (non-hydrogen) atoms. The number of carbonyl (C=O) groups is 1.